The molecule has 1 heterocycles. The van der Waals surface area contributed by atoms with Gasteiger partial charge in [-0.2, -0.15) is 5.26 Å². The SMILES string of the molecule is N#CCCNC(=O)COC(=O)c1ccc(OCC2CCCO2)cc1. The van der Waals surface area contributed by atoms with E-state index in [1.807, 2.05) is 6.07 Å². The Morgan fingerprint density at radius 3 is 2.79 bits per heavy atom. The third-order valence-electron chi connectivity index (χ3n) is 3.44. The lowest BCUT2D eigenvalue weighted by molar-refractivity contribution is -0.124. The van der Waals surface area contributed by atoms with Gasteiger partial charge < -0.3 is 19.5 Å². The first kappa shape index (κ1) is 17.8. The molecule has 0 bridgehead atoms. The minimum atomic E-state index is -0.587. The van der Waals surface area contributed by atoms with Crippen molar-refractivity contribution in [2.75, 3.05) is 26.4 Å². The first-order valence-electron chi connectivity index (χ1n) is 7.84. The van der Waals surface area contributed by atoms with Crippen molar-refractivity contribution in [3.05, 3.63) is 29.8 Å². The van der Waals surface area contributed by atoms with E-state index in [1.165, 1.54) is 0 Å². The van der Waals surface area contributed by atoms with Gasteiger partial charge in [0.1, 0.15) is 12.4 Å². The second-order valence-corrected chi connectivity index (χ2v) is 5.30. The number of esters is 1. The number of hydrogen-bond donors (Lipinski definition) is 1. The van der Waals surface area contributed by atoms with E-state index in [0.717, 1.165) is 19.4 Å². The van der Waals surface area contributed by atoms with Crippen LogP contribution in [0.3, 0.4) is 0 Å². The molecular weight excluding hydrogens is 312 g/mol. The third kappa shape index (κ3) is 5.89. The van der Waals surface area contributed by atoms with Crippen LogP contribution >= 0.6 is 0 Å². The zero-order valence-electron chi connectivity index (χ0n) is 13.3. The maximum absolute atomic E-state index is 11.8. The highest BCUT2D eigenvalue weighted by atomic mass is 16.5. The van der Waals surface area contributed by atoms with Crippen LogP contribution in [0.5, 0.6) is 5.75 Å². The number of nitrogens with one attached hydrogen (secondary N) is 1. The maximum Gasteiger partial charge on any atom is 0.338 e. The Labute approximate surface area is 140 Å². The zero-order valence-corrected chi connectivity index (χ0v) is 13.3. The van der Waals surface area contributed by atoms with Gasteiger partial charge in [-0.3, -0.25) is 4.79 Å². The lowest BCUT2D eigenvalue weighted by atomic mass is 10.2. The molecule has 1 saturated heterocycles. The van der Waals surface area contributed by atoms with Crippen molar-refractivity contribution in [1.82, 2.24) is 5.32 Å². The lowest BCUT2D eigenvalue weighted by Gasteiger charge is -2.11. The van der Waals surface area contributed by atoms with Gasteiger partial charge in [-0.05, 0) is 37.1 Å². The second-order valence-electron chi connectivity index (χ2n) is 5.30. The average Bonchev–Trinajstić information content (AvgIpc) is 3.12. The van der Waals surface area contributed by atoms with Crippen molar-refractivity contribution in [1.29, 1.82) is 5.26 Å². The summed E-state index contributed by atoms with van der Waals surface area (Å²) < 4.78 is 16.0. The van der Waals surface area contributed by atoms with E-state index in [4.69, 9.17) is 19.5 Å². The highest BCUT2D eigenvalue weighted by Gasteiger charge is 2.16. The third-order valence-corrected chi connectivity index (χ3v) is 3.44. The highest BCUT2D eigenvalue weighted by molar-refractivity contribution is 5.91. The van der Waals surface area contributed by atoms with Crippen LogP contribution < -0.4 is 10.1 Å². The van der Waals surface area contributed by atoms with Crippen LogP contribution in [0.25, 0.3) is 0 Å². The quantitative estimate of drug-likeness (QED) is 0.571. The number of amides is 1. The predicted molar refractivity (Wildman–Crippen MR) is 84.4 cm³/mol. The molecule has 24 heavy (non-hydrogen) atoms. The summed E-state index contributed by atoms with van der Waals surface area (Å²) in [6.07, 6.45) is 2.41. The summed E-state index contributed by atoms with van der Waals surface area (Å²) >= 11 is 0. The Balaban J connectivity index is 1.72. The molecule has 1 aromatic rings. The number of benzene rings is 1. The van der Waals surface area contributed by atoms with Crippen LogP contribution in [0, 0.1) is 11.3 Å². The fraction of sp³-hybridized carbons (Fsp3) is 0.471. The summed E-state index contributed by atoms with van der Waals surface area (Å²) in [5.41, 5.74) is 0.337. The van der Waals surface area contributed by atoms with Crippen molar-refractivity contribution >= 4 is 11.9 Å². The molecule has 0 saturated carbocycles. The molecule has 7 nitrogen and oxygen atoms in total. The van der Waals surface area contributed by atoms with Gasteiger partial charge in [-0.15, -0.1) is 0 Å². The van der Waals surface area contributed by atoms with Crippen molar-refractivity contribution in [3.63, 3.8) is 0 Å². The summed E-state index contributed by atoms with van der Waals surface area (Å²) in [6, 6.07) is 8.43. The van der Waals surface area contributed by atoms with E-state index >= 15 is 0 Å². The predicted octanol–water partition coefficient (Wildman–Crippen LogP) is 1.43. The first-order chi connectivity index (χ1) is 11.7. The van der Waals surface area contributed by atoms with Crippen LogP contribution in [0.15, 0.2) is 24.3 Å². The van der Waals surface area contributed by atoms with Crippen LogP contribution in [-0.2, 0) is 14.3 Å². The van der Waals surface area contributed by atoms with Crippen LogP contribution in [0.4, 0.5) is 0 Å². The summed E-state index contributed by atoms with van der Waals surface area (Å²) in [5.74, 6) is -0.373. The van der Waals surface area contributed by atoms with Crippen molar-refractivity contribution in [3.8, 4) is 11.8 Å². The van der Waals surface area contributed by atoms with E-state index in [1.54, 1.807) is 24.3 Å². The van der Waals surface area contributed by atoms with Gasteiger partial charge in [0, 0.05) is 13.2 Å². The summed E-state index contributed by atoms with van der Waals surface area (Å²) in [4.78, 5) is 23.2. The van der Waals surface area contributed by atoms with Gasteiger partial charge in [0.2, 0.25) is 0 Å². The number of rotatable bonds is 8. The Morgan fingerprint density at radius 2 is 2.12 bits per heavy atom. The molecule has 1 unspecified atom stereocenters. The smallest absolute Gasteiger partial charge is 0.338 e. The Morgan fingerprint density at radius 1 is 1.33 bits per heavy atom. The summed E-state index contributed by atoms with van der Waals surface area (Å²) in [7, 11) is 0. The number of hydrogen-bond acceptors (Lipinski definition) is 6. The molecule has 1 N–H and O–H groups in total. The molecule has 128 valence electrons. The van der Waals surface area contributed by atoms with Gasteiger partial charge in [-0.1, -0.05) is 0 Å². The fourth-order valence-corrected chi connectivity index (χ4v) is 2.18. The molecule has 1 fully saturated rings. The molecule has 1 aliphatic rings. The maximum atomic E-state index is 11.8. The average molecular weight is 332 g/mol. The van der Waals surface area contributed by atoms with Crippen LogP contribution in [-0.4, -0.2) is 44.3 Å². The van der Waals surface area contributed by atoms with Gasteiger partial charge >= 0.3 is 5.97 Å². The molecule has 1 aliphatic heterocycles. The van der Waals surface area contributed by atoms with E-state index in [0.29, 0.717) is 17.9 Å². The van der Waals surface area contributed by atoms with Gasteiger partial charge in [0.05, 0.1) is 24.2 Å². The van der Waals surface area contributed by atoms with E-state index in [2.05, 4.69) is 5.32 Å². The Bertz CT molecular complexity index is 588. The van der Waals surface area contributed by atoms with E-state index < -0.39 is 11.9 Å². The second kappa shape index (κ2) is 9.53. The summed E-state index contributed by atoms with van der Waals surface area (Å²) in [5, 5.41) is 10.8. The molecule has 2 rings (SSSR count). The van der Waals surface area contributed by atoms with Gasteiger partial charge in [0.15, 0.2) is 6.61 Å². The standard InChI is InChI=1S/C17H20N2O5/c18-8-2-9-19-16(20)12-24-17(21)13-4-6-14(7-5-13)23-11-15-3-1-10-22-15/h4-7,15H,1-3,9-12H2,(H,19,20). The topological polar surface area (TPSA) is 97.7 Å². The fourth-order valence-electron chi connectivity index (χ4n) is 2.18. The zero-order chi connectivity index (χ0) is 17.2. The molecular formula is C17H20N2O5. The normalized spacial score (nSPS) is 16.2. The Kier molecular flexibility index (Phi) is 7.05. The monoisotopic (exact) mass is 332 g/mol. The molecule has 1 aromatic carbocycles. The lowest BCUT2D eigenvalue weighted by Crippen LogP contribution is -2.29. The molecule has 0 aliphatic carbocycles. The number of carbonyl (C=O) groups excluding carboxylic acids is 2. The highest BCUT2D eigenvalue weighted by Crippen LogP contribution is 2.17. The van der Waals surface area contributed by atoms with E-state index in [9.17, 15) is 9.59 Å². The van der Waals surface area contributed by atoms with Crippen molar-refractivity contribution in [2.24, 2.45) is 0 Å². The van der Waals surface area contributed by atoms with Crippen molar-refractivity contribution in [2.45, 2.75) is 25.4 Å². The molecule has 1 amide bonds. The molecule has 0 radical (unpaired) electrons. The number of carbonyl (C=O) groups is 2. The largest absolute Gasteiger partial charge is 0.491 e. The molecule has 0 spiro atoms. The van der Waals surface area contributed by atoms with E-state index in [-0.39, 0.29) is 25.7 Å². The minimum absolute atomic E-state index is 0.134. The first-order valence-corrected chi connectivity index (χ1v) is 7.84. The number of ether oxygens (including phenoxy) is 3. The minimum Gasteiger partial charge on any atom is -0.491 e. The molecule has 1 atom stereocenters. The number of nitriles is 1. The van der Waals surface area contributed by atoms with Gasteiger partial charge in [-0.25, -0.2) is 4.79 Å². The van der Waals surface area contributed by atoms with Crippen LogP contribution in [0.1, 0.15) is 29.6 Å². The van der Waals surface area contributed by atoms with Crippen molar-refractivity contribution < 1.29 is 23.8 Å². The molecule has 7 heteroatoms. The van der Waals surface area contributed by atoms with Crippen LogP contribution in [0.2, 0.25) is 0 Å². The summed E-state index contributed by atoms with van der Waals surface area (Å²) in [6.45, 7) is 1.14. The Hall–Kier alpha value is -2.59. The van der Waals surface area contributed by atoms with Gasteiger partial charge in [0.25, 0.3) is 5.91 Å². The number of nitrogens with zero attached hydrogens (tertiary/aromatic N) is 1. The molecule has 0 aromatic heterocycles.